The molecule has 0 bridgehead atoms. The monoisotopic (exact) mass is 299 g/mol. The van der Waals surface area contributed by atoms with Crippen LogP contribution in [0.2, 0.25) is 5.02 Å². The summed E-state index contributed by atoms with van der Waals surface area (Å²) in [6, 6.07) is 6.81. The quantitative estimate of drug-likeness (QED) is 0.508. The van der Waals surface area contributed by atoms with Crippen LogP contribution in [0.1, 0.15) is 20.8 Å². The van der Waals surface area contributed by atoms with Gasteiger partial charge in [0.1, 0.15) is 18.0 Å². The van der Waals surface area contributed by atoms with E-state index in [1.807, 2.05) is 0 Å². The van der Waals surface area contributed by atoms with Gasteiger partial charge in [0.25, 0.3) is 0 Å². The van der Waals surface area contributed by atoms with Crippen LogP contribution in [0.5, 0.6) is 5.75 Å². The third kappa shape index (κ3) is 6.84. The molecule has 0 aliphatic heterocycles. The zero-order valence-corrected chi connectivity index (χ0v) is 12.4. The van der Waals surface area contributed by atoms with Crippen molar-refractivity contribution in [3.05, 3.63) is 29.3 Å². The van der Waals surface area contributed by atoms with Gasteiger partial charge in [-0.25, -0.2) is 10.2 Å². The Bertz CT molecular complexity index is 481. The molecular formula is C13H18ClN3O3. The van der Waals surface area contributed by atoms with Crippen LogP contribution in [0.15, 0.2) is 29.4 Å². The number of nitrogens with zero attached hydrogens (tertiary/aromatic N) is 1. The van der Waals surface area contributed by atoms with E-state index in [0.717, 1.165) is 0 Å². The Hall–Kier alpha value is -1.95. The average Bonchev–Trinajstić information content (AvgIpc) is 2.33. The lowest BCUT2D eigenvalue weighted by molar-refractivity contribution is 0.0529. The van der Waals surface area contributed by atoms with E-state index in [9.17, 15) is 4.79 Å². The SMILES string of the molecule is CC(C)(C)OC(=O)N/N=C(/N)COc1ccc(Cl)cc1. The molecule has 0 atom stereocenters. The number of nitrogens with one attached hydrogen (secondary N) is 1. The number of carbonyl (C=O) groups excluding carboxylic acids is 1. The van der Waals surface area contributed by atoms with Crippen molar-refractivity contribution in [1.29, 1.82) is 0 Å². The van der Waals surface area contributed by atoms with Crippen LogP contribution in [0.4, 0.5) is 4.79 Å². The molecule has 110 valence electrons. The molecule has 0 aromatic heterocycles. The van der Waals surface area contributed by atoms with Crippen molar-refractivity contribution < 1.29 is 14.3 Å². The highest BCUT2D eigenvalue weighted by molar-refractivity contribution is 6.30. The Kier molecular flexibility index (Phi) is 5.64. The van der Waals surface area contributed by atoms with Gasteiger partial charge in [-0.05, 0) is 45.0 Å². The molecule has 1 aromatic rings. The van der Waals surface area contributed by atoms with Crippen molar-refractivity contribution in [2.24, 2.45) is 10.8 Å². The number of hydrazone groups is 1. The second-order valence-electron chi connectivity index (χ2n) is 4.96. The molecule has 0 saturated carbocycles. The molecule has 0 aliphatic carbocycles. The first-order chi connectivity index (χ1) is 9.26. The molecule has 0 unspecified atom stereocenters. The Morgan fingerprint density at radius 1 is 1.35 bits per heavy atom. The lowest BCUT2D eigenvalue weighted by atomic mass is 10.2. The van der Waals surface area contributed by atoms with Gasteiger partial charge in [-0.2, -0.15) is 5.10 Å². The maximum Gasteiger partial charge on any atom is 0.428 e. The average molecular weight is 300 g/mol. The largest absolute Gasteiger partial charge is 0.486 e. The minimum absolute atomic E-state index is 0.0391. The number of ether oxygens (including phenoxy) is 2. The summed E-state index contributed by atoms with van der Waals surface area (Å²) in [5.41, 5.74) is 7.19. The molecule has 3 N–H and O–H groups in total. The first-order valence-electron chi connectivity index (χ1n) is 5.95. The highest BCUT2D eigenvalue weighted by Gasteiger charge is 2.15. The van der Waals surface area contributed by atoms with Crippen LogP contribution in [0.3, 0.4) is 0 Å². The normalized spacial score (nSPS) is 11.9. The van der Waals surface area contributed by atoms with Crippen molar-refractivity contribution in [3.63, 3.8) is 0 Å². The van der Waals surface area contributed by atoms with Gasteiger partial charge in [0, 0.05) is 5.02 Å². The van der Waals surface area contributed by atoms with E-state index < -0.39 is 11.7 Å². The summed E-state index contributed by atoms with van der Waals surface area (Å²) in [5.74, 6) is 0.718. The minimum atomic E-state index is -0.674. The molecule has 1 rings (SSSR count). The lowest BCUT2D eigenvalue weighted by Crippen LogP contribution is -2.32. The highest BCUT2D eigenvalue weighted by Crippen LogP contribution is 2.15. The fourth-order valence-electron chi connectivity index (χ4n) is 1.14. The third-order valence-electron chi connectivity index (χ3n) is 1.89. The van der Waals surface area contributed by atoms with Crippen LogP contribution >= 0.6 is 11.6 Å². The summed E-state index contributed by atoms with van der Waals surface area (Å²) < 4.78 is 10.3. The molecule has 0 fully saturated rings. The van der Waals surface area contributed by atoms with Gasteiger partial charge in [0.05, 0.1) is 0 Å². The Morgan fingerprint density at radius 2 is 1.95 bits per heavy atom. The first-order valence-corrected chi connectivity index (χ1v) is 6.33. The van der Waals surface area contributed by atoms with Gasteiger partial charge in [-0.1, -0.05) is 11.6 Å². The number of hydrogen-bond acceptors (Lipinski definition) is 4. The van der Waals surface area contributed by atoms with Crippen molar-refractivity contribution in [2.45, 2.75) is 26.4 Å². The van der Waals surface area contributed by atoms with E-state index in [0.29, 0.717) is 10.8 Å². The van der Waals surface area contributed by atoms with E-state index in [1.165, 1.54) is 0 Å². The number of rotatable bonds is 4. The summed E-state index contributed by atoms with van der Waals surface area (Å²) in [4.78, 5) is 11.3. The summed E-state index contributed by atoms with van der Waals surface area (Å²) in [6.07, 6.45) is -0.674. The number of amidine groups is 1. The molecule has 0 radical (unpaired) electrons. The van der Waals surface area contributed by atoms with Crippen LogP contribution < -0.4 is 15.9 Å². The van der Waals surface area contributed by atoms with Crippen LogP contribution in [-0.4, -0.2) is 24.1 Å². The first kappa shape index (κ1) is 16.1. The van der Waals surface area contributed by atoms with Gasteiger partial charge in [0.2, 0.25) is 0 Å². The summed E-state index contributed by atoms with van der Waals surface area (Å²) >= 11 is 5.75. The number of halogens is 1. The second kappa shape index (κ2) is 7.00. The van der Waals surface area contributed by atoms with E-state index in [4.69, 9.17) is 26.8 Å². The second-order valence-corrected chi connectivity index (χ2v) is 5.40. The van der Waals surface area contributed by atoms with Gasteiger partial charge < -0.3 is 15.2 Å². The van der Waals surface area contributed by atoms with Gasteiger partial charge in [0.15, 0.2) is 5.84 Å². The Morgan fingerprint density at radius 3 is 2.50 bits per heavy atom. The molecule has 1 amide bonds. The predicted octanol–water partition coefficient (Wildman–Crippen LogP) is 2.52. The van der Waals surface area contributed by atoms with Crippen LogP contribution in [-0.2, 0) is 4.74 Å². The molecule has 1 aromatic carbocycles. The number of hydrogen-bond donors (Lipinski definition) is 2. The molecule has 7 heteroatoms. The standard InChI is InChI=1S/C13H18ClN3O3/c1-13(2,3)20-12(18)17-16-11(15)8-19-10-6-4-9(14)5-7-10/h4-7H,8H2,1-3H3,(H2,15,16)(H,17,18). The topological polar surface area (TPSA) is 85.9 Å². The maximum absolute atomic E-state index is 11.3. The number of carbonyl (C=O) groups is 1. The van der Waals surface area contributed by atoms with Crippen molar-refractivity contribution in [3.8, 4) is 5.75 Å². The lowest BCUT2D eigenvalue weighted by Gasteiger charge is -2.18. The van der Waals surface area contributed by atoms with Crippen molar-refractivity contribution in [2.75, 3.05) is 6.61 Å². The van der Waals surface area contributed by atoms with Gasteiger partial charge in [-0.3, -0.25) is 0 Å². The zero-order chi connectivity index (χ0) is 15.2. The summed E-state index contributed by atoms with van der Waals surface area (Å²) in [7, 11) is 0. The van der Waals surface area contributed by atoms with E-state index >= 15 is 0 Å². The molecular weight excluding hydrogens is 282 g/mol. The number of nitrogens with two attached hydrogens (primary N) is 1. The maximum atomic E-state index is 11.3. The smallest absolute Gasteiger partial charge is 0.428 e. The predicted molar refractivity (Wildman–Crippen MR) is 77.9 cm³/mol. The van der Waals surface area contributed by atoms with Crippen molar-refractivity contribution in [1.82, 2.24) is 5.43 Å². The number of benzene rings is 1. The third-order valence-corrected chi connectivity index (χ3v) is 2.14. The molecule has 0 heterocycles. The number of amides is 1. The van der Waals surface area contributed by atoms with Gasteiger partial charge in [-0.15, -0.1) is 0 Å². The van der Waals surface area contributed by atoms with Gasteiger partial charge >= 0.3 is 6.09 Å². The minimum Gasteiger partial charge on any atom is -0.486 e. The van der Waals surface area contributed by atoms with Crippen LogP contribution in [0, 0.1) is 0 Å². The summed E-state index contributed by atoms with van der Waals surface area (Å²) in [5, 5.41) is 4.28. The van der Waals surface area contributed by atoms with Crippen LogP contribution in [0.25, 0.3) is 0 Å². The van der Waals surface area contributed by atoms with Crippen molar-refractivity contribution >= 4 is 23.5 Å². The molecule has 0 saturated heterocycles. The molecule has 20 heavy (non-hydrogen) atoms. The molecule has 0 spiro atoms. The molecule has 6 nitrogen and oxygen atoms in total. The summed E-state index contributed by atoms with van der Waals surface area (Å²) in [6.45, 7) is 5.30. The van der Waals surface area contributed by atoms with E-state index in [1.54, 1.807) is 45.0 Å². The van der Waals surface area contributed by atoms with E-state index in [-0.39, 0.29) is 12.4 Å². The fraction of sp³-hybridized carbons (Fsp3) is 0.385. The fourth-order valence-corrected chi connectivity index (χ4v) is 1.26. The molecule has 0 aliphatic rings. The highest BCUT2D eigenvalue weighted by atomic mass is 35.5. The Labute approximate surface area is 122 Å². The van der Waals surface area contributed by atoms with E-state index in [2.05, 4.69) is 10.5 Å². The Balaban J connectivity index is 2.38. The zero-order valence-electron chi connectivity index (χ0n) is 11.6.